The normalized spacial score (nSPS) is 10.5. The molecule has 4 aromatic rings. The van der Waals surface area contributed by atoms with Crippen LogP contribution in [0.1, 0.15) is 15.9 Å². The lowest BCUT2D eigenvalue weighted by Gasteiger charge is -2.11. The van der Waals surface area contributed by atoms with Crippen LogP contribution >= 0.6 is 0 Å². The van der Waals surface area contributed by atoms with Crippen LogP contribution in [0.25, 0.3) is 22.2 Å². The Morgan fingerprint density at radius 3 is 2.70 bits per heavy atom. The summed E-state index contributed by atoms with van der Waals surface area (Å²) in [6.45, 7) is 0. The molecular weight excluding hydrogens is 338 g/mol. The molecule has 130 valence electrons. The Bertz CT molecular complexity index is 1200. The quantitative estimate of drug-likeness (QED) is 0.608. The van der Waals surface area contributed by atoms with Crippen molar-refractivity contribution in [2.24, 2.45) is 7.05 Å². The van der Waals surface area contributed by atoms with E-state index in [2.05, 4.69) is 21.5 Å². The van der Waals surface area contributed by atoms with Crippen LogP contribution < -0.4 is 5.32 Å². The summed E-state index contributed by atoms with van der Waals surface area (Å²) in [4.78, 5) is 17.7. The number of anilines is 1. The first-order chi connectivity index (χ1) is 13.2. The molecule has 0 aliphatic carbocycles. The van der Waals surface area contributed by atoms with Gasteiger partial charge in [-0.15, -0.1) is 0 Å². The number of para-hydroxylation sites is 2. The van der Waals surface area contributed by atoms with E-state index >= 15 is 0 Å². The molecule has 0 saturated carbocycles. The zero-order chi connectivity index (χ0) is 18.8. The SMILES string of the molecule is Cn1cc(-c2cc(C(=O)Nc3ccccc3C#N)c3ccccc3n2)cn1. The van der Waals surface area contributed by atoms with Crippen LogP contribution in [-0.4, -0.2) is 20.7 Å². The van der Waals surface area contributed by atoms with Crippen LogP contribution in [0.4, 0.5) is 5.69 Å². The van der Waals surface area contributed by atoms with Crippen molar-refractivity contribution >= 4 is 22.5 Å². The first-order valence-corrected chi connectivity index (χ1v) is 8.35. The highest BCUT2D eigenvalue weighted by atomic mass is 16.1. The van der Waals surface area contributed by atoms with Gasteiger partial charge in [-0.1, -0.05) is 30.3 Å². The zero-order valence-corrected chi connectivity index (χ0v) is 14.5. The molecule has 2 aromatic heterocycles. The Morgan fingerprint density at radius 1 is 1.15 bits per heavy atom. The van der Waals surface area contributed by atoms with E-state index in [-0.39, 0.29) is 5.91 Å². The molecule has 4 rings (SSSR count). The van der Waals surface area contributed by atoms with Gasteiger partial charge in [0.2, 0.25) is 0 Å². The number of carbonyl (C=O) groups is 1. The molecule has 1 amide bonds. The monoisotopic (exact) mass is 353 g/mol. The van der Waals surface area contributed by atoms with E-state index < -0.39 is 0 Å². The van der Waals surface area contributed by atoms with Crippen molar-refractivity contribution in [1.82, 2.24) is 14.8 Å². The maximum atomic E-state index is 13.0. The van der Waals surface area contributed by atoms with Crippen LogP contribution in [0.5, 0.6) is 0 Å². The van der Waals surface area contributed by atoms with Crippen LogP contribution in [-0.2, 0) is 7.05 Å². The first kappa shape index (κ1) is 16.5. The average molecular weight is 353 g/mol. The number of nitriles is 1. The lowest BCUT2D eigenvalue weighted by molar-refractivity contribution is 0.102. The molecule has 0 aliphatic heterocycles. The van der Waals surface area contributed by atoms with E-state index in [4.69, 9.17) is 0 Å². The summed E-state index contributed by atoms with van der Waals surface area (Å²) in [7, 11) is 1.83. The van der Waals surface area contributed by atoms with E-state index in [1.807, 2.05) is 37.5 Å². The largest absolute Gasteiger partial charge is 0.321 e. The predicted octanol–water partition coefficient (Wildman–Crippen LogP) is 3.76. The van der Waals surface area contributed by atoms with Crippen LogP contribution in [0.15, 0.2) is 67.0 Å². The number of rotatable bonds is 3. The van der Waals surface area contributed by atoms with Crippen LogP contribution in [0, 0.1) is 11.3 Å². The fourth-order valence-electron chi connectivity index (χ4n) is 2.94. The van der Waals surface area contributed by atoms with Crippen LogP contribution in [0.3, 0.4) is 0 Å². The number of carbonyl (C=O) groups excluding carboxylic acids is 1. The fourth-order valence-corrected chi connectivity index (χ4v) is 2.94. The molecule has 0 aliphatic rings. The van der Waals surface area contributed by atoms with Crippen molar-refractivity contribution in [2.45, 2.75) is 0 Å². The molecule has 6 nitrogen and oxygen atoms in total. The molecule has 0 radical (unpaired) electrons. The molecule has 0 saturated heterocycles. The van der Waals surface area contributed by atoms with Gasteiger partial charge >= 0.3 is 0 Å². The molecule has 27 heavy (non-hydrogen) atoms. The Labute approximate surface area is 155 Å². The highest BCUT2D eigenvalue weighted by Crippen LogP contribution is 2.25. The van der Waals surface area contributed by atoms with Crippen molar-refractivity contribution in [3.05, 3.63) is 78.1 Å². The molecule has 0 atom stereocenters. The highest BCUT2D eigenvalue weighted by Gasteiger charge is 2.16. The van der Waals surface area contributed by atoms with Gasteiger partial charge in [0.25, 0.3) is 5.91 Å². The average Bonchev–Trinajstić information content (AvgIpc) is 3.14. The van der Waals surface area contributed by atoms with Gasteiger partial charge in [0, 0.05) is 24.2 Å². The summed E-state index contributed by atoms with van der Waals surface area (Å²) < 4.78 is 1.69. The molecule has 6 heteroatoms. The number of amides is 1. The molecule has 1 N–H and O–H groups in total. The molecule has 0 bridgehead atoms. The number of nitrogens with zero attached hydrogens (tertiary/aromatic N) is 4. The van der Waals surface area contributed by atoms with Gasteiger partial charge in [-0.05, 0) is 24.3 Å². The third kappa shape index (κ3) is 3.14. The Hall–Kier alpha value is -3.98. The molecule has 0 fully saturated rings. The first-order valence-electron chi connectivity index (χ1n) is 8.35. The minimum atomic E-state index is -0.290. The van der Waals surface area contributed by atoms with Crippen molar-refractivity contribution in [2.75, 3.05) is 5.32 Å². The van der Waals surface area contributed by atoms with Crippen molar-refractivity contribution in [3.63, 3.8) is 0 Å². The summed E-state index contributed by atoms with van der Waals surface area (Å²) in [6.07, 6.45) is 3.56. The standard InChI is InChI=1S/C21H15N5O/c1-26-13-15(12-23-26)20-10-17(16-7-3-5-9-19(16)24-20)21(27)25-18-8-4-2-6-14(18)11-22/h2-10,12-13H,1H3,(H,25,27). The van der Waals surface area contributed by atoms with Gasteiger partial charge < -0.3 is 5.32 Å². The van der Waals surface area contributed by atoms with Gasteiger partial charge in [-0.2, -0.15) is 10.4 Å². The molecule has 0 unspecified atom stereocenters. The lowest BCUT2D eigenvalue weighted by atomic mass is 10.0. The van der Waals surface area contributed by atoms with Crippen LogP contribution in [0.2, 0.25) is 0 Å². The van der Waals surface area contributed by atoms with Gasteiger partial charge in [0.1, 0.15) is 6.07 Å². The number of benzene rings is 2. The number of aromatic nitrogens is 3. The second-order valence-corrected chi connectivity index (χ2v) is 6.09. The Balaban J connectivity index is 1.82. The predicted molar refractivity (Wildman–Crippen MR) is 103 cm³/mol. The number of hydrogen-bond donors (Lipinski definition) is 1. The van der Waals surface area contributed by atoms with Gasteiger partial charge in [0.15, 0.2) is 0 Å². The molecule has 0 spiro atoms. The minimum absolute atomic E-state index is 0.290. The maximum Gasteiger partial charge on any atom is 0.256 e. The van der Waals surface area contributed by atoms with E-state index in [1.165, 1.54) is 0 Å². The summed E-state index contributed by atoms with van der Waals surface area (Å²) in [5, 5.41) is 17.0. The minimum Gasteiger partial charge on any atom is -0.321 e. The summed E-state index contributed by atoms with van der Waals surface area (Å²) in [6, 6.07) is 18.2. The third-order valence-corrected chi connectivity index (χ3v) is 4.26. The molecular formula is C21H15N5O. The summed E-state index contributed by atoms with van der Waals surface area (Å²) >= 11 is 0. The number of fused-ring (bicyclic) bond motifs is 1. The zero-order valence-electron chi connectivity index (χ0n) is 14.5. The van der Waals surface area contributed by atoms with Gasteiger partial charge in [0.05, 0.1) is 34.2 Å². The highest BCUT2D eigenvalue weighted by molar-refractivity contribution is 6.13. The van der Waals surface area contributed by atoms with Gasteiger partial charge in [-0.25, -0.2) is 4.98 Å². The number of hydrogen-bond acceptors (Lipinski definition) is 4. The number of aryl methyl sites for hydroxylation is 1. The Kier molecular flexibility index (Phi) is 4.11. The topological polar surface area (TPSA) is 83.6 Å². The third-order valence-electron chi connectivity index (χ3n) is 4.26. The molecule has 2 aromatic carbocycles. The second-order valence-electron chi connectivity index (χ2n) is 6.09. The number of nitrogens with one attached hydrogen (secondary N) is 1. The van der Waals surface area contributed by atoms with E-state index in [1.54, 1.807) is 41.2 Å². The summed E-state index contributed by atoms with van der Waals surface area (Å²) in [5.74, 6) is -0.290. The van der Waals surface area contributed by atoms with E-state index in [9.17, 15) is 10.1 Å². The Morgan fingerprint density at radius 2 is 1.93 bits per heavy atom. The van der Waals surface area contributed by atoms with E-state index in [0.29, 0.717) is 22.5 Å². The maximum absolute atomic E-state index is 13.0. The van der Waals surface area contributed by atoms with Gasteiger partial charge in [-0.3, -0.25) is 9.48 Å². The smallest absolute Gasteiger partial charge is 0.256 e. The van der Waals surface area contributed by atoms with E-state index in [0.717, 1.165) is 16.5 Å². The lowest BCUT2D eigenvalue weighted by Crippen LogP contribution is -2.14. The fraction of sp³-hybridized carbons (Fsp3) is 0.0476. The summed E-state index contributed by atoms with van der Waals surface area (Å²) in [5.41, 5.74) is 3.60. The molecule has 2 heterocycles. The van der Waals surface area contributed by atoms with Crippen molar-refractivity contribution in [3.8, 4) is 17.3 Å². The second kappa shape index (κ2) is 6.73. The van der Waals surface area contributed by atoms with Crippen molar-refractivity contribution < 1.29 is 4.79 Å². The van der Waals surface area contributed by atoms with Crippen molar-refractivity contribution in [1.29, 1.82) is 5.26 Å². The number of pyridine rings is 1.